The van der Waals surface area contributed by atoms with Crippen LogP contribution in [0, 0.1) is 0 Å². The molecule has 1 fully saturated rings. The summed E-state index contributed by atoms with van der Waals surface area (Å²) in [5.41, 5.74) is 1.61. The van der Waals surface area contributed by atoms with E-state index in [0.717, 1.165) is 29.9 Å². The zero-order valence-corrected chi connectivity index (χ0v) is 17.4. The third-order valence-corrected chi connectivity index (χ3v) is 4.95. The van der Waals surface area contributed by atoms with Crippen LogP contribution in [-0.4, -0.2) is 51.8 Å². The van der Waals surface area contributed by atoms with Gasteiger partial charge < -0.3 is 24.3 Å². The summed E-state index contributed by atoms with van der Waals surface area (Å²) in [5.74, 6) is 2.69. The van der Waals surface area contributed by atoms with Crippen LogP contribution >= 0.6 is 0 Å². The summed E-state index contributed by atoms with van der Waals surface area (Å²) in [6.45, 7) is 0.887. The number of hydrogen-bond acceptors (Lipinski definition) is 6. The predicted octanol–water partition coefficient (Wildman–Crippen LogP) is 3.32. The molecule has 0 radical (unpaired) electrons. The lowest BCUT2D eigenvalue weighted by atomic mass is 10.1. The van der Waals surface area contributed by atoms with Crippen LogP contribution in [0.4, 0.5) is 5.69 Å². The molecule has 1 aliphatic carbocycles. The highest BCUT2D eigenvalue weighted by Gasteiger charge is 2.31. The molecule has 7 nitrogen and oxygen atoms in total. The smallest absolute Gasteiger partial charge is 0.238 e. The molecule has 0 unspecified atom stereocenters. The van der Waals surface area contributed by atoms with Crippen LogP contribution in [0.1, 0.15) is 18.4 Å². The lowest BCUT2D eigenvalue weighted by Crippen LogP contribution is -2.34. The molecule has 3 rings (SSSR count). The lowest BCUT2D eigenvalue weighted by Gasteiger charge is -2.23. The number of nitrogens with zero attached hydrogens (tertiary/aromatic N) is 1. The highest BCUT2D eigenvalue weighted by molar-refractivity contribution is 5.93. The van der Waals surface area contributed by atoms with Crippen molar-refractivity contribution in [3.63, 3.8) is 0 Å². The molecule has 1 saturated carbocycles. The fourth-order valence-electron chi connectivity index (χ4n) is 3.25. The number of amides is 1. The van der Waals surface area contributed by atoms with Crippen LogP contribution < -0.4 is 24.3 Å². The van der Waals surface area contributed by atoms with Crippen molar-refractivity contribution in [2.45, 2.75) is 25.4 Å². The fourth-order valence-corrected chi connectivity index (χ4v) is 3.25. The van der Waals surface area contributed by atoms with Gasteiger partial charge in [0, 0.05) is 24.2 Å². The predicted molar refractivity (Wildman–Crippen MR) is 111 cm³/mol. The van der Waals surface area contributed by atoms with Crippen molar-refractivity contribution in [2.24, 2.45) is 0 Å². The number of methoxy groups -OCH3 is 4. The minimum Gasteiger partial charge on any atom is -0.497 e. The van der Waals surface area contributed by atoms with Crippen molar-refractivity contribution in [3.8, 4) is 23.0 Å². The van der Waals surface area contributed by atoms with Crippen molar-refractivity contribution >= 4 is 11.6 Å². The molecule has 0 spiro atoms. The van der Waals surface area contributed by atoms with Gasteiger partial charge in [-0.1, -0.05) is 0 Å². The van der Waals surface area contributed by atoms with Gasteiger partial charge in [-0.25, -0.2) is 0 Å². The molecule has 0 heterocycles. The Morgan fingerprint density at radius 1 is 0.931 bits per heavy atom. The van der Waals surface area contributed by atoms with Crippen LogP contribution in [0.15, 0.2) is 36.4 Å². The van der Waals surface area contributed by atoms with Gasteiger partial charge >= 0.3 is 0 Å². The van der Waals surface area contributed by atoms with Crippen LogP contribution in [0.2, 0.25) is 0 Å². The van der Waals surface area contributed by atoms with Crippen molar-refractivity contribution in [1.29, 1.82) is 0 Å². The molecule has 0 atom stereocenters. The van der Waals surface area contributed by atoms with E-state index in [9.17, 15) is 4.79 Å². The second-order valence-electron chi connectivity index (χ2n) is 6.93. The largest absolute Gasteiger partial charge is 0.497 e. The summed E-state index contributed by atoms with van der Waals surface area (Å²) in [4.78, 5) is 14.9. The number of hydrogen-bond donors (Lipinski definition) is 1. The molecule has 0 bridgehead atoms. The van der Waals surface area contributed by atoms with Crippen LogP contribution in [0.3, 0.4) is 0 Å². The average Bonchev–Trinajstić information content (AvgIpc) is 3.58. The van der Waals surface area contributed by atoms with Crippen molar-refractivity contribution in [3.05, 3.63) is 42.0 Å². The quantitative estimate of drug-likeness (QED) is 0.660. The molecule has 156 valence electrons. The van der Waals surface area contributed by atoms with E-state index in [1.54, 1.807) is 46.6 Å². The Morgan fingerprint density at radius 3 is 2.21 bits per heavy atom. The minimum absolute atomic E-state index is 0.0952. The Bertz CT molecular complexity index is 851. The second kappa shape index (κ2) is 9.52. The second-order valence-corrected chi connectivity index (χ2v) is 6.93. The van der Waals surface area contributed by atoms with Gasteiger partial charge in [-0.05, 0) is 43.2 Å². The number of benzene rings is 2. The first-order chi connectivity index (χ1) is 14.1. The molecule has 0 saturated heterocycles. The van der Waals surface area contributed by atoms with E-state index in [-0.39, 0.29) is 12.5 Å². The first-order valence-electron chi connectivity index (χ1n) is 9.54. The Kier molecular flexibility index (Phi) is 6.82. The number of rotatable bonds is 10. The standard InChI is InChI=1S/C22H28N2O5/c1-26-17-8-10-20(28-3)15(11-17)13-24(16-5-6-16)14-22(25)23-19-9-7-18(27-2)12-21(19)29-4/h7-12,16H,5-6,13-14H2,1-4H3,(H,23,25). The summed E-state index contributed by atoms with van der Waals surface area (Å²) in [7, 11) is 6.44. The van der Waals surface area contributed by atoms with E-state index in [4.69, 9.17) is 18.9 Å². The Balaban J connectivity index is 1.71. The summed E-state index contributed by atoms with van der Waals surface area (Å²) >= 11 is 0. The van der Waals surface area contributed by atoms with E-state index in [1.807, 2.05) is 18.2 Å². The monoisotopic (exact) mass is 400 g/mol. The van der Waals surface area contributed by atoms with E-state index in [1.165, 1.54) is 0 Å². The molecule has 1 aliphatic rings. The summed E-state index contributed by atoms with van der Waals surface area (Å²) in [5, 5.41) is 2.95. The fraction of sp³-hybridized carbons (Fsp3) is 0.409. The molecular weight excluding hydrogens is 372 g/mol. The Hall–Kier alpha value is -2.93. The van der Waals surface area contributed by atoms with Gasteiger partial charge in [-0.2, -0.15) is 0 Å². The van der Waals surface area contributed by atoms with Gasteiger partial charge in [0.2, 0.25) is 5.91 Å². The maximum Gasteiger partial charge on any atom is 0.238 e. The molecular formula is C22H28N2O5. The molecule has 7 heteroatoms. The van der Waals surface area contributed by atoms with E-state index >= 15 is 0 Å². The summed E-state index contributed by atoms with van der Waals surface area (Å²) < 4.78 is 21.4. The number of anilines is 1. The highest BCUT2D eigenvalue weighted by atomic mass is 16.5. The molecule has 1 amide bonds. The van der Waals surface area contributed by atoms with Crippen molar-refractivity contribution in [2.75, 3.05) is 40.3 Å². The third kappa shape index (κ3) is 5.32. The van der Waals surface area contributed by atoms with E-state index in [2.05, 4.69) is 10.2 Å². The molecule has 1 N–H and O–H groups in total. The maximum atomic E-state index is 12.7. The average molecular weight is 400 g/mol. The zero-order valence-electron chi connectivity index (χ0n) is 17.4. The van der Waals surface area contributed by atoms with Crippen LogP contribution in [0.25, 0.3) is 0 Å². The normalized spacial score (nSPS) is 13.1. The molecule has 29 heavy (non-hydrogen) atoms. The SMILES string of the molecule is COc1ccc(OC)c(CN(CC(=O)Nc2ccc(OC)cc2OC)C2CC2)c1. The van der Waals surface area contributed by atoms with Crippen LogP contribution in [-0.2, 0) is 11.3 Å². The minimum atomic E-state index is -0.0952. The lowest BCUT2D eigenvalue weighted by molar-refractivity contribution is -0.117. The Morgan fingerprint density at radius 2 is 1.59 bits per heavy atom. The Labute approximate surface area is 171 Å². The van der Waals surface area contributed by atoms with Gasteiger partial charge in [-0.3, -0.25) is 9.69 Å². The molecule has 0 aliphatic heterocycles. The number of carbonyl (C=O) groups is 1. The van der Waals surface area contributed by atoms with Crippen molar-refractivity contribution in [1.82, 2.24) is 4.90 Å². The number of nitrogens with one attached hydrogen (secondary N) is 1. The summed E-state index contributed by atoms with van der Waals surface area (Å²) in [6.07, 6.45) is 2.18. The zero-order chi connectivity index (χ0) is 20.8. The third-order valence-electron chi connectivity index (χ3n) is 4.95. The molecule has 2 aromatic carbocycles. The van der Waals surface area contributed by atoms with E-state index < -0.39 is 0 Å². The number of carbonyl (C=O) groups excluding carboxylic acids is 1. The number of ether oxygens (including phenoxy) is 4. The van der Waals surface area contributed by atoms with Gasteiger partial charge in [-0.15, -0.1) is 0 Å². The van der Waals surface area contributed by atoms with Gasteiger partial charge in [0.1, 0.15) is 23.0 Å². The highest BCUT2D eigenvalue weighted by Crippen LogP contribution is 2.32. The van der Waals surface area contributed by atoms with Gasteiger partial charge in [0.05, 0.1) is 40.7 Å². The summed E-state index contributed by atoms with van der Waals surface area (Å²) in [6, 6.07) is 11.4. The molecule has 0 aromatic heterocycles. The first kappa shape index (κ1) is 20.8. The topological polar surface area (TPSA) is 69.3 Å². The van der Waals surface area contributed by atoms with E-state index in [0.29, 0.717) is 29.8 Å². The maximum absolute atomic E-state index is 12.7. The van der Waals surface area contributed by atoms with Gasteiger partial charge in [0.15, 0.2) is 0 Å². The van der Waals surface area contributed by atoms with Gasteiger partial charge in [0.25, 0.3) is 0 Å². The first-order valence-corrected chi connectivity index (χ1v) is 9.54. The van der Waals surface area contributed by atoms with Crippen LogP contribution in [0.5, 0.6) is 23.0 Å². The molecule has 2 aromatic rings. The van der Waals surface area contributed by atoms with Crippen molar-refractivity contribution < 1.29 is 23.7 Å².